The first-order valence-electron chi connectivity index (χ1n) is 7.16. The minimum absolute atomic E-state index is 0.138. The summed E-state index contributed by atoms with van der Waals surface area (Å²) >= 11 is 0. The molecule has 0 saturated carbocycles. The molecule has 0 spiro atoms. The fourth-order valence-electron chi connectivity index (χ4n) is 2.86. The summed E-state index contributed by atoms with van der Waals surface area (Å²) in [6, 6.07) is 8.28. The zero-order chi connectivity index (χ0) is 14.1. The van der Waals surface area contributed by atoms with Gasteiger partial charge in [0.2, 0.25) is 0 Å². The molecule has 3 rings (SSSR count). The molecule has 0 N–H and O–H groups in total. The summed E-state index contributed by atoms with van der Waals surface area (Å²) in [7, 11) is 2.04. The van der Waals surface area contributed by atoms with Gasteiger partial charge in [-0.3, -0.25) is 0 Å². The number of aryl methyl sites for hydroxylation is 1. The van der Waals surface area contributed by atoms with Gasteiger partial charge in [0.25, 0.3) is 0 Å². The van der Waals surface area contributed by atoms with Crippen molar-refractivity contribution in [3.63, 3.8) is 0 Å². The van der Waals surface area contributed by atoms with Crippen molar-refractivity contribution in [1.29, 1.82) is 0 Å². The Balaban J connectivity index is 2.13. The van der Waals surface area contributed by atoms with Gasteiger partial charge in [-0.1, -0.05) is 31.5 Å². The van der Waals surface area contributed by atoms with Crippen molar-refractivity contribution in [2.45, 2.75) is 26.2 Å². The first-order chi connectivity index (χ1) is 9.72. The van der Waals surface area contributed by atoms with Crippen LogP contribution in [0.3, 0.4) is 0 Å². The van der Waals surface area contributed by atoms with Crippen molar-refractivity contribution in [2.75, 3.05) is 6.61 Å². The minimum Gasteiger partial charge on any atom is -0.457 e. The summed E-state index contributed by atoms with van der Waals surface area (Å²) in [5, 5.41) is 1.19. The van der Waals surface area contributed by atoms with Crippen molar-refractivity contribution in [1.82, 2.24) is 4.57 Å². The highest BCUT2D eigenvalue weighted by atomic mass is 16.5. The van der Waals surface area contributed by atoms with E-state index < -0.39 is 0 Å². The smallest absolute Gasteiger partial charge is 0.334 e. The zero-order valence-corrected chi connectivity index (χ0v) is 12.0. The van der Waals surface area contributed by atoms with Crippen molar-refractivity contribution >= 4 is 22.4 Å². The predicted octanol–water partition coefficient (Wildman–Crippen LogP) is 3.68. The van der Waals surface area contributed by atoms with Crippen LogP contribution in [0.4, 0.5) is 0 Å². The first-order valence-corrected chi connectivity index (χ1v) is 7.16. The van der Waals surface area contributed by atoms with E-state index in [2.05, 4.69) is 29.8 Å². The highest BCUT2D eigenvalue weighted by molar-refractivity contribution is 6.06. The Morgan fingerprint density at radius 2 is 2.10 bits per heavy atom. The molecule has 3 nitrogen and oxygen atoms in total. The third-order valence-corrected chi connectivity index (χ3v) is 3.96. The molecule has 2 aromatic rings. The topological polar surface area (TPSA) is 31.2 Å². The van der Waals surface area contributed by atoms with Crippen LogP contribution in [0, 0.1) is 0 Å². The Labute approximate surface area is 118 Å². The van der Waals surface area contributed by atoms with Gasteiger partial charge in [0.15, 0.2) is 0 Å². The van der Waals surface area contributed by atoms with Gasteiger partial charge in [0, 0.05) is 40.9 Å². The number of esters is 1. The molecule has 0 amide bonds. The fraction of sp³-hybridized carbons (Fsp3) is 0.353. The lowest BCUT2D eigenvalue weighted by molar-refractivity contribution is -0.136. The second-order valence-corrected chi connectivity index (χ2v) is 5.31. The number of rotatable bonds is 4. The molecule has 0 unspecified atom stereocenters. The van der Waals surface area contributed by atoms with Crippen LogP contribution in [0.25, 0.3) is 16.5 Å². The summed E-state index contributed by atoms with van der Waals surface area (Å²) in [5.41, 5.74) is 4.26. The molecule has 2 heterocycles. The van der Waals surface area contributed by atoms with E-state index in [4.69, 9.17) is 4.74 Å². The van der Waals surface area contributed by atoms with Gasteiger partial charge >= 0.3 is 5.97 Å². The molecule has 1 aliphatic heterocycles. The van der Waals surface area contributed by atoms with E-state index in [9.17, 15) is 4.79 Å². The number of hydrogen-bond acceptors (Lipinski definition) is 2. The largest absolute Gasteiger partial charge is 0.457 e. The first kappa shape index (κ1) is 13.0. The summed E-state index contributed by atoms with van der Waals surface area (Å²) in [4.78, 5) is 11.9. The lowest BCUT2D eigenvalue weighted by atomic mass is 9.98. The molecule has 3 heteroatoms. The van der Waals surface area contributed by atoms with Crippen molar-refractivity contribution < 1.29 is 9.53 Å². The number of carbonyl (C=O) groups is 1. The van der Waals surface area contributed by atoms with Crippen LogP contribution in [0.2, 0.25) is 0 Å². The van der Waals surface area contributed by atoms with Crippen molar-refractivity contribution in [3.8, 4) is 0 Å². The molecular formula is C17H19NO2. The zero-order valence-electron chi connectivity index (χ0n) is 12.0. The molecule has 0 saturated heterocycles. The summed E-state index contributed by atoms with van der Waals surface area (Å²) in [6.07, 6.45) is 5.03. The SMILES string of the molecule is CCCCC1=C(c2cn(C)c3ccccc23)COC1=O. The highest BCUT2D eigenvalue weighted by Crippen LogP contribution is 2.34. The lowest BCUT2D eigenvalue weighted by Gasteiger charge is -2.02. The number of nitrogens with zero attached hydrogens (tertiary/aromatic N) is 1. The standard InChI is InChI=1S/C17H19NO2/c1-3-4-7-13-15(11-20-17(13)19)14-10-18(2)16-9-6-5-8-12(14)16/h5-6,8-10H,3-4,7,11H2,1-2H3. The van der Waals surface area contributed by atoms with Gasteiger partial charge in [-0.2, -0.15) is 0 Å². The van der Waals surface area contributed by atoms with Crippen LogP contribution >= 0.6 is 0 Å². The number of unbranched alkanes of at least 4 members (excludes halogenated alkanes) is 1. The van der Waals surface area contributed by atoms with E-state index in [1.54, 1.807) is 0 Å². The van der Waals surface area contributed by atoms with Crippen LogP contribution in [-0.2, 0) is 16.6 Å². The monoisotopic (exact) mass is 269 g/mol. The Hall–Kier alpha value is -2.03. The molecule has 0 radical (unpaired) electrons. The van der Waals surface area contributed by atoms with E-state index in [-0.39, 0.29) is 5.97 Å². The number of cyclic esters (lactones) is 1. The molecule has 1 aromatic heterocycles. The molecule has 0 aliphatic carbocycles. The summed E-state index contributed by atoms with van der Waals surface area (Å²) in [5.74, 6) is -0.138. The second kappa shape index (κ2) is 5.16. The molecule has 20 heavy (non-hydrogen) atoms. The average molecular weight is 269 g/mol. The number of carbonyl (C=O) groups excluding carboxylic acids is 1. The van der Waals surface area contributed by atoms with Gasteiger partial charge in [0.1, 0.15) is 6.61 Å². The number of aromatic nitrogens is 1. The molecule has 0 fully saturated rings. The van der Waals surface area contributed by atoms with E-state index in [1.807, 2.05) is 19.2 Å². The molecule has 1 aromatic carbocycles. The van der Waals surface area contributed by atoms with Crippen molar-refractivity contribution in [3.05, 3.63) is 41.6 Å². The maximum absolute atomic E-state index is 11.9. The summed E-state index contributed by atoms with van der Waals surface area (Å²) in [6.45, 7) is 2.55. The third-order valence-electron chi connectivity index (χ3n) is 3.96. The van der Waals surface area contributed by atoms with Gasteiger partial charge in [-0.15, -0.1) is 0 Å². The molecular weight excluding hydrogens is 250 g/mol. The van der Waals surface area contributed by atoms with Crippen LogP contribution < -0.4 is 0 Å². The fourth-order valence-corrected chi connectivity index (χ4v) is 2.86. The van der Waals surface area contributed by atoms with Crippen LogP contribution in [0.5, 0.6) is 0 Å². The number of para-hydroxylation sites is 1. The Morgan fingerprint density at radius 1 is 1.30 bits per heavy atom. The van der Waals surface area contributed by atoms with Crippen LogP contribution in [0.1, 0.15) is 31.7 Å². The van der Waals surface area contributed by atoms with E-state index in [0.29, 0.717) is 6.61 Å². The van der Waals surface area contributed by atoms with Crippen LogP contribution in [-0.4, -0.2) is 17.1 Å². The lowest BCUT2D eigenvalue weighted by Crippen LogP contribution is -1.98. The third kappa shape index (κ3) is 2.03. The maximum Gasteiger partial charge on any atom is 0.334 e. The van der Waals surface area contributed by atoms with Gasteiger partial charge < -0.3 is 9.30 Å². The number of benzene rings is 1. The molecule has 1 aliphatic rings. The normalized spacial score (nSPS) is 15.2. The number of ether oxygens (including phenoxy) is 1. The minimum atomic E-state index is -0.138. The Kier molecular flexibility index (Phi) is 3.35. The number of hydrogen-bond donors (Lipinski definition) is 0. The quantitative estimate of drug-likeness (QED) is 0.793. The van der Waals surface area contributed by atoms with E-state index >= 15 is 0 Å². The van der Waals surface area contributed by atoms with Gasteiger partial charge in [-0.25, -0.2) is 4.79 Å². The summed E-state index contributed by atoms with van der Waals surface area (Å²) < 4.78 is 7.37. The second-order valence-electron chi connectivity index (χ2n) is 5.31. The molecule has 104 valence electrons. The van der Waals surface area contributed by atoms with E-state index in [0.717, 1.165) is 36.0 Å². The molecule has 0 bridgehead atoms. The average Bonchev–Trinajstić information content (AvgIpc) is 2.98. The van der Waals surface area contributed by atoms with Crippen molar-refractivity contribution in [2.24, 2.45) is 7.05 Å². The van der Waals surface area contributed by atoms with Crippen LogP contribution in [0.15, 0.2) is 36.0 Å². The predicted molar refractivity (Wildman–Crippen MR) is 80.3 cm³/mol. The van der Waals surface area contributed by atoms with Gasteiger partial charge in [-0.05, 0) is 18.9 Å². The Morgan fingerprint density at radius 3 is 2.90 bits per heavy atom. The van der Waals surface area contributed by atoms with E-state index in [1.165, 1.54) is 10.9 Å². The highest BCUT2D eigenvalue weighted by Gasteiger charge is 2.26. The van der Waals surface area contributed by atoms with Gasteiger partial charge in [0.05, 0.1) is 0 Å². The maximum atomic E-state index is 11.9. The molecule has 0 atom stereocenters. The number of fused-ring (bicyclic) bond motifs is 1. The Bertz CT molecular complexity index is 694.